The lowest BCUT2D eigenvalue weighted by molar-refractivity contribution is 0.112. The predicted molar refractivity (Wildman–Crippen MR) is 53.7 cm³/mol. The quantitative estimate of drug-likeness (QED) is 0.685. The number of nitrogens with one attached hydrogen (secondary N) is 2. The number of hydrogen-bond acceptors (Lipinski definition) is 3. The summed E-state index contributed by atoms with van der Waals surface area (Å²) in [6.45, 7) is 3.71. The fourth-order valence-corrected chi connectivity index (χ4v) is 0.926. The lowest BCUT2D eigenvalue weighted by Gasteiger charge is -2.08. The number of aldehydes is 1. The van der Waals surface area contributed by atoms with Gasteiger partial charge in [0.05, 0.1) is 5.82 Å². The molecule has 0 aliphatic rings. The minimum absolute atomic E-state index is 0.647. The highest BCUT2D eigenvalue weighted by molar-refractivity contribution is 5.77. The van der Waals surface area contributed by atoms with Crippen molar-refractivity contribution in [2.45, 2.75) is 0 Å². The molecule has 0 saturated carbocycles. The van der Waals surface area contributed by atoms with Crippen LogP contribution in [-0.2, 0) is 0 Å². The fraction of sp³-hybridized carbons (Fsp3) is 0.100. The third kappa shape index (κ3) is 2.63. The van der Waals surface area contributed by atoms with E-state index in [9.17, 15) is 4.79 Å². The summed E-state index contributed by atoms with van der Waals surface area (Å²) >= 11 is 0. The van der Waals surface area contributed by atoms with Crippen LogP contribution in [0.25, 0.3) is 0 Å². The maximum Gasteiger partial charge on any atom is 0.150 e. The van der Waals surface area contributed by atoms with Crippen molar-refractivity contribution >= 4 is 12.0 Å². The smallest absolute Gasteiger partial charge is 0.150 e. The summed E-state index contributed by atoms with van der Waals surface area (Å²) in [7, 11) is 1.78. The van der Waals surface area contributed by atoms with Gasteiger partial charge in [-0.2, -0.15) is 0 Å². The second-order valence-corrected chi connectivity index (χ2v) is 2.60. The van der Waals surface area contributed by atoms with Crippen LogP contribution in [-0.4, -0.2) is 13.3 Å². The van der Waals surface area contributed by atoms with E-state index in [4.69, 9.17) is 0 Å². The van der Waals surface area contributed by atoms with E-state index in [1.54, 1.807) is 19.2 Å². The second kappa shape index (κ2) is 4.30. The molecule has 0 atom stereocenters. The molecule has 0 spiro atoms. The Hall–Kier alpha value is -1.77. The minimum Gasteiger partial charge on any atom is -0.375 e. The van der Waals surface area contributed by atoms with Crippen LogP contribution in [0, 0.1) is 0 Å². The zero-order valence-electron chi connectivity index (χ0n) is 7.50. The highest BCUT2D eigenvalue weighted by Crippen LogP contribution is 2.09. The molecule has 1 aromatic carbocycles. The molecule has 0 radical (unpaired) electrons. The summed E-state index contributed by atoms with van der Waals surface area (Å²) in [5, 5.41) is 5.86. The Morgan fingerprint density at radius 3 is 2.92 bits per heavy atom. The minimum atomic E-state index is 0.647. The van der Waals surface area contributed by atoms with Gasteiger partial charge in [-0.05, 0) is 12.1 Å². The topological polar surface area (TPSA) is 41.1 Å². The Morgan fingerprint density at radius 2 is 2.31 bits per heavy atom. The summed E-state index contributed by atoms with van der Waals surface area (Å²) in [5.74, 6) is 0.697. The van der Waals surface area contributed by atoms with Gasteiger partial charge in [0.1, 0.15) is 6.29 Å². The van der Waals surface area contributed by atoms with Crippen molar-refractivity contribution in [2.24, 2.45) is 0 Å². The fourth-order valence-electron chi connectivity index (χ4n) is 0.926. The van der Waals surface area contributed by atoms with Crippen LogP contribution >= 0.6 is 0 Å². The molecule has 0 aliphatic carbocycles. The molecule has 3 heteroatoms. The SMILES string of the molecule is C=C(NC)Nc1cccc(C=O)c1. The normalized spacial score (nSPS) is 9.00. The van der Waals surface area contributed by atoms with Crippen LogP contribution < -0.4 is 10.6 Å². The molecule has 1 rings (SSSR count). The predicted octanol–water partition coefficient (Wildman–Crippen LogP) is 1.60. The van der Waals surface area contributed by atoms with E-state index in [0.717, 1.165) is 12.0 Å². The Morgan fingerprint density at radius 1 is 1.54 bits per heavy atom. The van der Waals surface area contributed by atoms with Gasteiger partial charge in [-0.1, -0.05) is 18.7 Å². The van der Waals surface area contributed by atoms with Crippen LogP contribution in [0.2, 0.25) is 0 Å². The molecule has 1 aromatic rings. The summed E-state index contributed by atoms with van der Waals surface area (Å²) < 4.78 is 0. The van der Waals surface area contributed by atoms with Crippen LogP contribution in [0.1, 0.15) is 10.4 Å². The largest absolute Gasteiger partial charge is 0.375 e. The van der Waals surface area contributed by atoms with E-state index >= 15 is 0 Å². The van der Waals surface area contributed by atoms with Crippen molar-refractivity contribution in [1.82, 2.24) is 5.32 Å². The Balaban J connectivity index is 2.77. The summed E-state index contributed by atoms with van der Waals surface area (Å²) in [5.41, 5.74) is 1.50. The van der Waals surface area contributed by atoms with Gasteiger partial charge in [-0.3, -0.25) is 4.79 Å². The first-order valence-corrected chi connectivity index (χ1v) is 3.95. The van der Waals surface area contributed by atoms with Gasteiger partial charge in [-0.25, -0.2) is 0 Å². The highest BCUT2D eigenvalue weighted by atomic mass is 16.1. The molecule has 0 unspecified atom stereocenters. The molecule has 68 valence electrons. The average molecular weight is 176 g/mol. The first-order valence-electron chi connectivity index (χ1n) is 3.95. The van der Waals surface area contributed by atoms with Crippen LogP contribution in [0.5, 0.6) is 0 Å². The summed E-state index contributed by atoms with van der Waals surface area (Å²) in [6.07, 6.45) is 0.813. The van der Waals surface area contributed by atoms with E-state index in [0.29, 0.717) is 11.4 Å². The standard InChI is InChI=1S/C10H12N2O/c1-8(11-2)12-10-5-3-4-9(6-10)7-13/h3-7,11-12H,1H2,2H3. The van der Waals surface area contributed by atoms with Crippen molar-refractivity contribution in [2.75, 3.05) is 12.4 Å². The van der Waals surface area contributed by atoms with Crippen LogP contribution in [0.3, 0.4) is 0 Å². The van der Waals surface area contributed by atoms with Crippen molar-refractivity contribution in [3.05, 3.63) is 42.2 Å². The molecule has 0 saturated heterocycles. The van der Waals surface area contributed by atoms with Gasteiger partial charge in [0, 0.05) is 18.3 Å². The first-order chi connectivity index (χ1) is 6.26. The highest BCUT2D eigenvalue weighted by Gasteiger charge is 1.94. The van der Waals surface area contributed by atoms with E-state index in [1.807, 2.05) is 12.1 Å². The van der Waals surface area contributed by atoms with E-state index in [-0.39, 0.29) is 0 Å². The number of hydrogen-bond donors (Lipinski definition) is 2. The third-order valence-electron chi connectivity index (χ3n) is 1.62. The number of carbonyl (C=O) groups excluding carboxylic acids is 1. The van der Waals surface area contributed by atoms with Gasteiger partial charge in [0.25, 0.3) is 0 Å². The van der Waals surface area contributed by atoms with Crippen LogP contribution in [0.4, 0.5) is 5.69 Å². The Labute approximate surface area is 77.5 Å². The van der Waals surface area contributed by atoms with Gasteiger partial charge < -0.3 is 10.6 Å². The monoisotopic (exact) mass is 176 g/mol. The molecule has 0 aromatic heterocycles. The molecule has 2 N–H and O–H groups in total. The molecule has 0 heterocycles. The number of rotatable bonds is 4. The van der Waals surface area contributed by atoms with E-state index in [1.165, 1.54) is 0 Å². The third-order valence-corrected chi connectivity index (χ3v) is 1.62. The first kappa shape index (κ1) is 9.32. The molecule has 0 amide bonds. The van der Waals surface area contributed by atoms with Gasteiger partial charge in [0.2, 0.25) is 0 Å². The maximum absolute atomic E-state index is 10.4. The van der Waals surface area contributed by atoms with Gasteiger partial charge in [-0.15, -0.1) is 0 Å². The summed E-state index contributed by atoms with van der Waals surface area (Å²) in [4.78, 5) is 10.4. The zero-order valence-corrected chi connectivity index (χ0v) is 7.50. The van der Waals surface area contributed by atoms with Crippen molar-refractivity contribution < 1.29 is 4.79 Å². The van der Waals surface area contributed by atoms with Crippen molar-refractivity contribution in [1.29, 1.82) is 0 Å². The van der Waals surface area contributed by atoms with Gasteiger partial charge in [0.15, 0.2) is 0 Å². The molecule has 3 nitrogen and oxygen atoms in total. The number of anilines is 1. The Kier molecular flexibility index (Phi) is 3.09. The molecular weight excluding hydrogens is 164 g/mol. The molecule has 0 bridgehead atoms. The molecular formula is C10H12N2O. The van der Waals surface area contributed by atoms with Crippen molar-refractivity contribution in [3.63, 3.8) is 0 Å². The average Bonchev–Trinajstić information content (AvgIpc) is 2.18. The molecule has 13 heavy (non-hydrogen) atoms. The van der Waals surface area contributed by atoms with Crippen molar-refractivity contribution in [3.8, 4) is 0 Å². The van der Waals surface area contributed by atoms with Crippen LogP contribution in [0.15, 0.2) is 36.7 Å². The number of benzene rings is 1. The zero-order chi connectivity index (χ0) is 9.68. The molecule has 0 aliphatic heterocycles. The maximum atomic E-state index is 10.4. The van der Waals surface area contributed by atoms with Gasteiger partial charge >= 0.3 is 0 Å². The number of carbonyl (C=O) groups is 1. The molecule has 0 fully saturated rings. The van der Waals surface area contributed by atoms with E-state index < -0.39 is 0 Å². The second-order valence-electron chi connectivity index (χ2n) is 2.60. The lowest BCUT2D eigenvalue weighted by Crippen LogP contribution is -2.12. The lowest BCUT2D eigenvalue weighted by atomic mass is 10.2. The summed E-state index contributed by atoms with van der Waals surface area (Å²) in [6, 6.07) is 7.19. The Bertz CT molecular complexity index is 320. The van der Waals surface area contributed by atoms with E-state index in [2.05, 4.69) is 17.2 Å².